The van der Waals surface area contributed by atoms with E-state index in [4.69, 9.17) is 19.3 Å². The van der Waals surface area contributed by atoms with Crippen LogP contribution >= 0.6 is 0 Å². The van der Waals surface area contributed by atoms with Crippen LogP contribution < -0.4 is 14.2 Å². The van der Waals surface area contributed by atoms with E-state index >= 15 is 0 Å². The Labute approximate surface area is 155 Å². The van der Waals surface area contributed by atoms with Crippen LogP contribution in [0.2, 0.25) is 0 Å². The van der Waals surface area contributed by atoms with Gasteiger partial charge in [-0.05, 0) is 32.9 Å². The van der Waals surface area contributed by atoms with Crippen LogP contribution in [0.5, 0.6) is 17.2 Å². The van der Waals surface area contributed by atoms with Gasteiger partial charge in [0, 0.05) is 38.3 Å². The number of aliphatic hydroxyl groups is 1. The third kappa shape index (κ3) is 5.02. The van der Waals surface area contributed by atoms with E-state index in [1.807, 2.05) is 25.7 Å². The molecule has 1 aliphatic heterocycles. The molecule has 1 N–H and O–H groups in total. The van der Waals surface area contributed by atoms with E-state index < -0.39 is 0 Å². The largest absolute Gasteiger partial charge is 0.490 e. The SMILES string of the molecule is CCOc1cc(C(=O)N2CCN(CCO)CC2)cc(OCC)c1OCC. The van der Waals surface area contributed by atoms with E-state index in [0.29, 0.717) is 62.3 Å². The van der Waals surface area contributed by atoms with E-state index in [0.717, 1.165) is 13.1 Å². The Hall–Kier alpha value is -1.99. The molecule has 1 saturated heterocycles. The molecule has 0 bridgehead atoms. The molecular formula is C19H30N2O5. The standard InChI is InChI=1S/C19H30N2O5/c1-4-24-16-13-15(14-17(25-5-2)18(16)26-6-3)19(23)21-9-7-20(8-10-21)11-12-22/h13-14,22H,4-12H2,1-3H3. The van der Waals surface area contributed by atoms with Gasteiger partial charge in [0.1, 0.15) is 0 Å². The summed E-state index contributed by atoms with van der Waals surface area (Å²) in [5, 5.41) is 9.04. The highest BCUT2D eigenvalue weighted by Gasteiger charge is 2.25. The number of aliphatic hydroxyl groups excluding tert-OH is 1. The Kier molecular flexibility index (Phi) is 8.00. The summed E-state index contributed by atoms with van der Waals surface area (Å²) >= 11 is 0. The Morgan fingerprint density at radius 3 is 1.96 bits per heavy atom. The molecule has 1 aromatic rings. The first-order chi connectivity index (χ1) is 12.6. The van der Waals surface area contributed by atoms with Crippen LogP contribution in [0.1, 0.15) is 31.1 Å². The van der Waals surface area contributed by atoms with E-state index in [-0.39, 0.29) is 12.5 Å². The minimum absolute atomic E-state index is 0.0430. The molecule has 0 aromatic heterocycles. The molecular weight excluding hydrogens is 336 g/mol. The Morgan fingerprint density at radius 1 is 0.962 bits per heavy atom. The molecule has 0 aliphatic carbocycles. The number of hydrogen-bond donors (Lipinski definition) is 1. The maximum atomic E-state index is 13.0. The Balaban J connectivity index is 2.23. The van der Waals surface area contributed by atoms with Crippen molar-refractivity contribution in [3.63, 3.8) is 0 Å². The fourth-order valence-electron chi connectivity index (χ4n) is 3.01. The predicted octanol–water partition coefficient (Wildman–Crippen LogP) is 1.63. The maximum absolute atomic E-state index is 13.0. The summed E-state index contributed by atoms with van der Waals surface area (Å²) in [5.41, 5.74) is 0.538. The molecule has 1 fully saturated rings. The molecule has 1 amide bonds. The average molecular weight is 366 g/mol. The quantitative estimate of drug-likeness (QED) is 0.716. The fraction of sp³-hybridized carbons (Fsp3) is 0.632. The predicted molar refractivity (Wildman–Crippen MR) is 99.4 cm³/mol. The summed E-state index contributed by atoms with van der Waals surface area (Å²) in [7, 11) is 0. The number of carbonyl (C=O) groups is 1. The summed E-state index contributed by atoms with van der Waals surface area (Å²) in [6.07, 6.45) is 0. The summed E-state index contributed by atoms with van der Waals surface area (Å²) in [5.74, 6) is 1.56. The van der Waals surface area contributed by atoms with Gasteiger partial charge in [-0.1, -0.05) is 0 Å². The molecule has 1 aliphatic rings. The second-order valence-corrected chi connectivity index (χ2v) is 5.96. The van der Waals surface area contributed by atoms with Crippen molar-refractivity contribution in [2.24, 2.45) is 0 Å². The summed E-state index contributed by atoms with van der Waals surface area (Å²) < 4.78 is 17.1. The van der Waals surface area contributed by atoms with Crippen molar-refractivity contribution >= 4 is 5.91 Å². The van der Waals surface area contributed by atoms with Gasteiger partial charge in [-0.2, -0.15) is 0 Å². The molecule has 146 valence electrons. The van der Waals surface area contributed by atoms with Gasteiger partial charge in [0.25, 0.3) is 5.91 Å². The number of carbonyl (C=O) groups excluding carboxylic acids is 1. The molecule has 0 atom stereocenters. The fourth-order valence-corrected chi connectivity index (χ4v) is 3.01. The molecule has 2 rings (SSSR count). The van der Waals surface area contributed by atoms with Crippen LogP contribution in [0, 0.1) is 0 Å². The smallest absolute Gasteiger partial charge is 0.254 e. The highest BCUT2D eigenvalue weighted by Crippen LogP contribution is 2.39. The number of rotatable bonds is 9. The molecule has 7 heteroatoms. The van der Waals surface area contributed by atoms with E-state index in [9.17, 15) is 4.79 Å². The number of hydrogen-bond acceptors (Lipinski definition) is 6. The normalized spacial score (nSPS) is 15.0. The van der Waals surface area contributed by atoms with Crippen molar-refractivity contribution < 1.29 is 24.1 Å². The summed E-state index contributed by atoms with van der Waals surface area (Å²) in [6, 6.07) is 3.47. The zero-order valence-electron chi connectivity index (χ0n) is 16.0. The van der Waals surface area contributed by atoms with Crippen molar-refractivity contribution in [1.82, 2.24) is 9.80 Å². The van der Waals surface area contributed by atoms with Crippen LogP contribution in [0.25, 0.3) is 0 Å². The number of ether oxygens (including phenoxy) is 3. The van der Waals surface area contributed by atoms with E-state index in [1.165, 1.54) is 0 Å². The number of benzene rings is 1. The van der Waals surface area contributed by atoms with Crippen molar-refractivity contribution in [1.29, 1.82) is 0 Å². The van der Waals surface area contributed by atoms with Crippen molar-refractivity contribution in [3.05, 3.63) is 17.7 Å². The lowest BCUT2D eigenvalue weighted by atomic mass is 10.1. The molecule has 0 saturated carbocycles. The van der Waals surface area contributed by atoms with Gasteiger partial charge < -0.3 is 24.2 Å². The number of piperazine rings is 1. The molecule has 0 spiro atoms. The Morgan fingerprint density at radius 2 is 1.50 bits per heavy atom. The minimum Gasteiger partial charge on any atom is -0.490 e. The number of β-amino-alcohol motifs (C(OH)–C–C–N with tert-alkyl or cyclic N) is 1. The first-order valence-electron chi connectivity index (χ1n) is 9.33. The molecule has 1 heterocycles. The lowest BCUT2D eigenvalue weighted by molar-refractivity contribution is 0.0614. The molecule has 0 radical (unpaired) electrons. The molecule has 7 nitrogen and oxygen atoms in total. The summed E-state index contributed by atoms with van der Waals surface area (Å²) in [6.45, 7) is 10.7. The van der Waals surface area contributed by atoms with Gasteiger partial charge in [0.05, 0.1) is 26.4 Å². The van der Waals surface area contributed by atoms with Gasteiger partial charge in [-0.15, -0.1) is 0 Å². The van der Waals surface area contributed by atoms with Crippen LogP contribution in [0.3, 0.4) is 0 Å². The topological polar surface area (TPSA) is 71.5 Å². The van der Waals surface area contributed by atoms with Gasteiger partial charge in [0.15, 0.2) is 11.5 Å². The number of amides is 1. The van der Waals surface area contributed by atoms with Gasteiger partial charge in [-0.25, -0.2) is 0 Å². The monoisotopic (exact) mass is 366 g/mol. The summed E-state index contributed by atoms with van der Waals surface area (Å²) in [4.78, 5) is 16.9. The van der Waals surface area contributed by atoms with Crippen LogP contribution in [-0.2, 0) is 0 Å². The zero-order valence-corrected chi connectivity index (χ0v) is 16.0. The Bertz CT molecular complexity index is 558. The van der Waals surface area contributed by atoms with Gasteiger partial charge >= 0.3 is 0 Å². The van der Waals surface area contributed by atoms with Crippen molar-refractivity contribution in [2.45, 2.75) is 20.8 Å². The maximum Gasteiger partial charge on any atom is 0.254 e. The first kappa shape index (κ1) is 20.3. The zero-order chi connectivity index (χ0) is 18.9. The molecule has 1 aromatic carbocycles. The second-order valence-electron chi connectivity index (χ2n) is 5.96. The van der Waals surface area contributed by atoms with Crippen LogP contribution in [-0.4, -0.2) is 80.0 Å². The van der Waals surface area contributed by atoms with Crippen molar-refractivity contribution in [3.8, 4) is 17.2 Å². The molecule has 0 unspecified atom stereocenters. The third-order valence-electron chi connectivity index (χ3n) is 4.23. The van der Waals surface area contributed by atoms with E-state index in [1.54, 1.807) is 12.1 Å². The van der Waals surface area contributed by atoms with Crippen LogP contribution in [0.4, 0.5) is 0 Å². The van der Waals surface area contributed by atoms with Gasteiger partial charge in [-0.3, -0.25) is 9.69 Å². The highest BCUT2D eigenvalue weighted by molar-refractivity contribution is 5.95. The van der Waals surface area contributed by atoms with Crippen LogP contribution in [0.15, 0.2) is 12.1 Å². The van der Waals surface area contributed by atoms with E-state index in [2.05, 4.69) is 4.90 Å². The van der Waals surface area contributed by atoms with Gasteiger partial charge in [0.2, 0.25) is 5.75 Å². The third-order valence-corrected chi connectivity index (χ3v) is 4.23. The van der Waals surface area contributed by atoms with Crippen molar-refractivity contribution in [2.75, 3.05) is 59.2 Å². The average Bonchev–Trinajstić information content (AvgIpc) is 2.65. The molecule has 26 heavy (non-hydrogen) atoms. The number of nitrogens with zero attached hydrogens (tertiary/aromatic N) is 2. The lowest BCUT2D eigenvalue weighted by Crippen LogP contribution is -2.49. The lowest BCUT2D eigenvalue weighted by Gasteiger charge is -2.34. The minimum atomic E-state index is -0.0430. The highest BCUT2D eigenvalue weighted by atomic mass is 16.5. The first-order valence-corrected chi connectivity index (χ1v) is 9.33. The second kappa shape index (κ2) is 10.2.